The lowest BCUT2D eigenvalue weighted by atomic mass is 10.0. The van der Waals surface area contributed by atoms with E-state index in [-0.39, 0.29) is 5.91 Å². The quantitative estimate of drug-likeness (QED) is 0.726. The predicted octanol–water partition coefficient (Wildman–Crippen LogP) is 1.83. The van der Waals surface area contributed by atoms with Crippen LogP contribution in [0, 0.1) is 0 Å². The molecule has 0 saturated heterocycles. The average molecular weight is 186 g/mol. The largest absolute Gasteiger partial charge is 0.451 e. The summed E-state index contributed by atoms with van der Waals surface area (Å²) >= 11 is 0. The number of carbonyl (C=O) groups excluding carboxylic acids is 1. The fourth-order valence-electron chi connectivity index (χ4n) is 1.30. The molecule has 3 nitrogen and oxygen atoms in total. The Morgan fingerprint density at radius 1 is 1.43 bits per heavy atom. The molecule has 0 saturated carbocycles. The van der Waals surface area contributed by atoms with Crippen LogP contribution in [0.1, 0.15) is 10.6 Å². The van der Waals surface area contributed by atoms with Gasteiger partial charge in [0.25, 0.3) is 5.91 Å². The van der Waals surface area contributed by atoms with Gasteiger partial charge in [-0.25, -0.2) is 0 Å². The molecule has 0 aliphatic rings. The van der Waals surface area contributed by atoms with Crippen LogP contribution in [0.25, 0.3) is 11.0 Å². The monoisotopic (exact) mass is 186 g/mol. The van der Waals surface area contributed by atoms with Crippen molar-refractivity contribution in [1.29, 1.82) is 0 Å². The minimum atomic E-state index is -0.219. The summed E-state index contributed by atoms with van der Waals surface area (Å²) in [5.74, 6) is 0.119. The van der Waals surface area contributed by atoms with Crippen LogP contribution >= 0.6 is 0 Å². The summed E-state index contributed by atoms with van der Waals surface area (Å²) < 4.78 is 5.35. The zero-order valence-electron chi connectivity index (χ0n) is 7.78. The molecule has 0 fully saturated rings. The van der Waals surface area contributed by atoms with Crippen molar-refractivity contribution in [2.24, 2.45) is 0 Å². The Labute approximate surface area is 82.4 Å². The van der Waals surface area contributed by atoms with Gasteiger partial charge in [-0.3, -0.25) is 4.79 Å². The predicted molar refractivity (Wildman–Crippen MR) is 55.3 cm³/mol. The lowest BCUT2D eigenvalue weighted by Crippen LogP contribution is -2.24. The molecule has 2 aromatic rings. The molecule has 0 unspecified atom stereocenters. The number of hydrogen-bond donors (Lipinski definition) is 1. The summed E-state index contributed by atoms with van der Waals surface area (Å²) in [6.45, 7) is 1.75. The Morgan fingerprint density at radius 2 is 2.21 bits per heavy atom. The highest BCUT2D eigenvalue weighted by atomic mass is 16.3. The summed E-state index contributed by atoms with van der Waals surface area (Å²) in [7, 11) is 1.58. The van der Waals surface area contributed by atoms with Gasteiger partial charge in [-0.15, -0.1) is 0 Å². The van der Waals surface area contributed by atoms with Crippen molar-refractivity contribution in [3.05, 3.63) is 36.1 Å². The van der Waals surface area contributed by atoms with E-state index in [0.29, 0.717) is 5.76 Å². The molecule has 69 valence electrons. The summed E-state index contributed by atoms with van der Waals surface area (Å²) in [5, 5.41) is 3.50. The SMILES string of the molecule is C[B]NC(=O)c1cc2ccccc2o1. The Morgan fingerprint density at radius 3 is 2.93 bits per heavy atom. The van der Waals surface area contributed by atoms with Gasteiger partial charge in [0, 0.05) is 5.39 Å². The van der Waals surface area contributed by atoms with Crippen molar-refractivity contribution in [1.82, 2.24) is 5.23 Å². The van der Waals surface area contributed by atoms with Crippen molar-refractivity contribution >= 4 is 24.3 Å². The van der Waals surface area contributed by atoms with Gasteiger partial charge in [-0.2, -0.15) is 0 Å². The molecule has 0 aliphatic carbocycles. The zero-order valence-corrected chi connectivity index (χ0v) is 7.78. The molecule has 4 heteroatoms. The second kappa shape index (κ2) is 3.58. The van der Waals surface area contributed by atoms with Crippen molar-refractivity contribution < 1.29 is 9.21 Å². The molecule has 0 aliphatic heterocycles. The van der Waals surface area contributed by atoms with Gasteiger partial charge >= 0.3 is 0 Å². The van der Waals surface area contributed by atoms with Gasteiger partial charge in [-0.05, 0) is 12.1 Å². The van der Waals surface area contributed by atoms with Gasteiger partial charge < -0.3 is 9.64 Å². The van der Waals surface area contributed by atoms with E-state index in [9.17, 15) is 4.79 Å². The Balaban J connectivity index is 2.40. The number of hydrogen-bond acceptors (Lipinski definition) is 2. The third-order valence-electron chi connectivity index (χ3n) is 1.92. The highest BCUT2D eigenvalue weighted by Crippen LogP contribution is 2.18. The molecular weight excluding hydrogens is 177 g/mol. The number of nitrogens with one attached hydrogen (secondary N) is 1. The van der Waals surface area contributed by atoms with Crippen LogP contribution in [-0.2, 0) is 0 Å². The van der Waals surface area contributed by atoms with Gasteiger partial charge in [-0.1, -0.05) is 25.0 Å². The summed E-state index contributed by atoms with van der Waals surface area (Å²) in [6.07, 6.45) is 0. The lowest BCUT2D eigenvalue weighted by molar-refractivity contribution is 0.0956. The maximum atomic E-state index is 11.4. The third kappa shape index (κ3) is 1.51. The molecule has 0 bridgehead atoms. The normalized spacial score (nSPS) is 10.1. The van der Waals surface area contributed by atoms with Gasteiger partial charge in [0.05, 0.1) is 0 Å². The molecule has 1 aromatic heterocycles. The first kappa shape index (κ1) is 8.87. The fraction of sp³-hybridized carbons (Fsp3) is 0.100. The van der Waals surface area contributed by atoms with E-state index in [4.69, 9.17) is 4.42 Å². The minimum absolute atomic E-state index is 0.219. The zero-order chi connectivity index (χ0) is 9.97. The first-order valence-electron chi connectivity index (χ1n) is 4.38. The van der Waals surface area contributed by atoms with Crippen molar-refractivity contribution in [2.75, 3.05) is 0 Å². The molecular formula is C10H9BNO2. The number of rotatable bonds is 2. The van der Waals surface area contributed by atoms with Crippen LogP contribution in [0.4, 0.5) is 0 Å². The van der Waals surface area contributed by atoms with E-state index in [1.807, 2.05) is 24.3 Å². The fourth-order valence-corrected chi connectivity index (χ4v) is 1.30. The standard InChI is InChI=1S/C10H9BNO2/c1-11-12-10(13)9-6-7-4-2-3-5-8(7)14-9/h2-6H,1H3,(H,12,13). The number of amides is 1. The number of benzene rings is 1. The lowest BCUT2D eigenvalue weighted by Gasteiger charge is -1.94. The summed E-state index contributed by atoms with van der Waals surface area (Å²) in [4.78, 5) is 11.4. The molecule has 1 heterocycles. The highest BCUT2D eigenvalue weighted by molar-refractivity contribution is 6.36. The average Bonchev–Trinajstić information content (AvgIpc) is 2.61. The van der Waals surface area contributed by atoms with E-state index in [2.05, 4.69) is 5.23 Å². The van der Waals surface area contributed by atoms with Crippen molar-refractivity contribution in [2.45, 2.75) is 6.82 Å². The topological polar surface area (TPSA) is 42.2 Å². The van der Waals surface area contributed by atoms with E-state index in [0.717, 1.165) is 11.0 Å². The third-order valence-corrected chi connectivity index (χ3v) is 1.92. The van der Waals surface area contributed by atoms with Crippen LogP contribution in [0.5, 0.6) is 0 Å². The first-order chi connectivity index (χ1) is 6.81. The highest BCUT2D eigenvalue weighted by Gasteiger charge is 2.09. The van der Waals surface area contributed by atoms with Crippen molar-refractivity contribution in [3.8, 4) is 0 Å². The summed E-state index contributed by atoms with van der Waals surface area (Å²) in [6, 6.07) is 9.26. The van der Waals surface area contributed by atoms with Gasteiger partial charge in [0.2, 0.25) is 7.41 Å². The Hall–Kier alpha value is -1.71. The van der Waals surface area contributed by atoms with E-state index in [1.165, 1.54) is 0 Å². The first-order valence-corrected chi connectivity index (χ1v) is 4.38. The second-order valence-corrected chi connectivity index (χ2v) is 2.91. The number of furan rings is 1. The van der Waals surface area contributed by atoms with Crippen LogP contribution in [-0.4, -0.2) is 13.3 Å². The van der Waals surface area contributed by atoms with Gasteiger partial charge in [0.1, 0.15) is 5.58 Å². The Bertz CT molecular complexity index is 431. The Kier molecular flexibility index (Phi) is 2.27. The minimum Gasteiger partial charge on any atom is -0.451 e. The molecule has 1 radical (unpaired) electrons. The summed E-state index contributed by atoms with van der Waals surface area (Å²) in [5.41, 5.74) is 0.730. The number of fused-ring (bicyclic) bond motifs is 1. The number of para-hydroxylation sites is 1. The maximum Gasteiger partial charge on any atom is 0.274 e. The van der Waals surface area contributed by atoms with Crippen LogP contribution in [0.2, 0.25) is 6.82 Å². The van der Waals surface area contributed by atoms with Crippen LogP contribution in [0.15, 0.2) is 34.7 Å². The molecule has 2 rings (SSSR count). The maximum absolute atomic E-state index is 11.4. The van der Waals surface area contributed by atoms with Crippen LogP contribution in [0.3, 0.4) is 0 Å². The molecule has 14 heavy (non-hydrogen) atoms. The molecule has 1 amide bonds. The molecule has 0 atom stereocenters. The molecule has 1 N–H and O–H groups in total. The second-order valence-electron chi connectivity index (χ2n) is 2.91. The smallest absolute Gasteiger partial charge is 0.274 e. The van der Waals surface area contributed by atoms with E-state index >= 15 is 0 Å². The number of carbonyl (C=O) groups is 1. The molecule has 1 aromatic carbocycles. The van der Waals surface area contributed by atoms with Gasteiger partial charge in [0.15, 0.2) is 5.76 Å². The van der Waals surface area contributed by atoms with E-state index in [1.54, 1.807) is 20.3 Å². The molecule has 0 spiro atoms. The van der Waals surface area contributed by atoms with E-state index < -0.39 is 0 Å². The van der Waals surface area contributed by atoms with Crippen LogP contribution < -0.4 is 5.23 Å². The van der Waals surface area contributed by atoms with Crippen molar-refractivity contribution in [3.63, 3.8) is 0 Å².